The third kappa shape index (κ3) is 1.63. The molecular formula is C11H7BrO. The van der Waals surface area contributed by atoms with Crippen molar-refractivity contribution in [2.24, 2.45) is 0 Å². The van der Waals surface area contributed by atoms with Gasteiger partial charge in [-0.3, -0.25) is 4.79 Å². The van der Waals surface area contributed by atoms with E-state index in [4.69, 9.17) is 0 Å². The van der Waals surface area contributed by atoms with Gasteiger partial charge < -0.3 is 0 Å². The van der Waals surface area contributed by atoms with Crippen LogP contribution in [0.2, 0.25) is 0 Å². The van der Waals surface area contributed by atoms with E-state index in [1.807, 2.05) is 30.3 Å². The van der Waals surface area contributed by atoms with Crippen molar-refractivity contribution in [1.29, 1.82) is 0 Å². The van der Waals surface area contributed by atoms with Gasteiger partial charge in [-0.25, -0.2) is 0 Å². The molecule has 0 fully saturated rings. The van der Waals surface area contributed by atoms with E-state index >= 15 is 0 Å². The Morgan fingerprint density at radius 1 is 1.08 bits per heavy atom. The molecule has 0 spiro atoms. The minimum absolute atomic E-state index is 0.0855. The van der Waals surface area contributed by atoms with Gasteiger partial charge in [-0.2, -0.15) is 0 Å². The molecule has 0 N–H and O–H groups in total. The molecule has 1 nitrogen and oxygen atoms in total. The maximum atomic E-state index is 11.3. The SMILES string of the molecule is O=C1C=CC=C1c1ccc(Br)cc1. The quantitative estimate of drug-likeness (QED) is 0.731. The molecule has 64 valence electrons. The molecule has 0 saturated carbocycles. The lowest BCUT2D eigenvalue weighted by Gasteiger charge is -1.99. The molecular weight excluding hydrogens is 228 g/mol. The Morgan fingerprint density at radius 2 is 1.77 bits per heavy atom. The van der Waals surface area contributed by atoms with Gasteiger partial charge in [0.1, 0.15) is 0 Å². The third-order valence-electron chi connectivity index (χ3n) is 1.93. The highest BCUT2D eigenvalue weighted by Gasteiger charge is 2.11. The highest BCUT2D eigenvalue weighted by Crippen LogP contribution is 2.21. The second-order valence-electron chi connectivity index (χ2n) is 2.81. The second-order valence-corrected chi connectivity index (χ2v) is 3.73. The molecule has 0 unspecified atom stereocenters. The predicted octanol–water partition coefficient (Wildman–Crippen LogP) is 2.97. The van der Waals surface area contributed by atoms with Crippen molar-refractivity contribution in [3.05, 3.63) is 52.5 Å². The van der Waals surface area contributed by atoms with E-state index in [1.54, 1.807) is 12.2 Å². The van der Waals surface area contributed by atoms with Crippen LogP contribution < -0.4 is 0 Å². The molecule has 1 aliphatic carbocycles. The summed E-state index contributed by atoms with van der Waals surface area (Å²) in [5.74, 6) is 0.0855. The van der Waals surface area contributed by atoms with Crippen LogP contribution in [0.3, 0.4) is 0 Å². The van der Waals surface area contributed by atoms with Gasteiger partial charge in [-0.15, -0.1) is 0 Å². The lowest BCUT2D eigenvalue weighted by atomic mass is 10.1. The number of hydrogen-bond acceptors (Lipinski definition) is 1. The molecule has 2 rings (SSSR count). The first-order valence-electron chi connectivity index (χ1n) is 3.96. The minimum atomic E-state index is 0.0855. The summed E-state index contributed by atoms with van der Waals surface area (Å²) in [4.78, 5) is 11.3. The first-order valence-corrected chi connectivity index (χ1v) is 4.75. The van der Waals surface area contributed by atoms with Gasteiger partial charge in [-0.1, -0.05) is 40.2 Å². The average Bonchev–Trinajstić information content (AvgIpc) is 2.53. The molecule has 0 aliphatic heterocycles. The highest BCUT2D eigenvalue weighted by molar-refractivity contribution is 9.10. The molecule has 0 radical (unpaired) electrons. The van der Waals surface area contributed by atoms with Crippen LogP contribution in [0.4, 0.5) is 0 Å². The van der Waals surface area contributed by atoms with E-state index in [-0.39, 0.29) is 5.78 Å². The van der Waals surface area contributed by atoms with E-state index in [2.05, 4.69) is 15.9 Å². The number of halogens is 1. The zero-order chi connectivity index (χ0) is 9.26. The fraction of sp³-hybridized carbons (Fsp3) is 0. The van der Waals surface area contributed by atoms with Gasteiger partial charge in [0.05, 0.1) is 0 Å². The maximum absolute atomic E-state index is 11.3. The van der Waals surface area contributed by atoms with Crippen molar-refractivity contribution in [3.8, 4) is 0 Å². The summed E-state index contributed by atoms with van der Waals surface area (Å²) < 4.78 is 1.02. The Morgan fingerprint density at radius 3 is 2.31 bits per heavy atom. The molecule has 0 bridgehead atoms. The normalized spacial score (nSPS) is 14.8. The zero-order valence-electron chi connectivity index (χ0n) is 6.83. The molecule has 0 aromatic heterocycles. The summed E-state index contributed by atoms with van der Waals surface area (Å²) in [6, 6.07) is 7.73. The zero-order valence-corrected chi connectivity index (χ0v) is 8.41. The van der Waals surface area contributed by atoms with E-state index in [1.165, 1.54) is 0 Å². The summed E-state index contributed by atoms with van der Waals surface area (Å²) in [6.07, 6.45) is 5.20. The Bertz CT molecular complexity index is 399. The Balaban J connectivity index is 2.38. The number of benzene rings is 1. The number of rotatable bonds is 1. The van der Waals surface area contributed by atoms with Crippen LogP contribution in [-0.4, -0.2) is 5.78 Å². The Kier molecular flexibility index (Phi) is 2.15. The number of allylic oxidation sites excluding steroid dienone is 4. The molecule has 0 saturated heterocycles. The number of hydrogen-bond donors (Lipinski definition) is 0. The summed E-state index contributed by atoms with van der Waals surface area (Å²) in [6.45, 7) is 0. The van der Waals surface area contributed by atoms with Crippen LogP contribution in [0.1, 0.15) is 5.56 Å². The topological polar surface area (TPSA) is 17.1 Å². The second kappa shape index (κ2) is 3.30. The van der Waals surface area contributed by atoms with E-state index < -0.39 is 0 Å². The van der Waals surface area contributed by atoms with Crippen LogP contribution in [0.15, 0.2) is 47.0 Å². The first kappa shape index (κ1) is 8.45. The fourth-order valence-corrected chi connectivity index (χ4v) is 1.54. The predicted molar refractivity (Wildman–Crippen MR) is 56.3 cm³/mol. The van der Waals surface area contributed by atoms with Gasteiger partial charge in [0.2, 0.25) is 0 Å². The van der Waals surface area contributed by atoms with Crippen LogP contribution in [0.25, 0.3) is 5.57 Å². The molecule has 2 heteroatoms. The molecule has 1 aromatic rings. The van der Waals surface area contributed by atoms with E-state index in [9.17, 15) is 4.79 Å². The summed E-state index contributed by atoms with van der Waals surface area (Å²) in [5.41, 5.74) is 1.74. The fourth-order valence-electron chi connectivity index (χ4n) is 1.27. The number of carbonyl (C=O) groups is 1. The largest absolute Gasteiger partial charge is 0.289 e. The Labute approximate surface area is 84.9 Å². The van der Waals surface area contributed by atoms with Crippen LogP contribution in [0.5, 0.6) is 0 Å². The van der Waals surface area contributed by atoms with Gasteiger partial charge in [-0.05, 0) is 23.8 Å². The van der Waals surface area contributed by atoms with Crippen molar-refractivity contribution in [1.82, 2.24) is 0 Å². The van der Waals surface area contributed by atoms with Gasteiger partial charge in [0.25, 0.3) is 0 Å². The van der Waals surface area contributed by atoms with Gasteiger partial charge in [0, 0.05) is 10.0 Å². The summed E-state index contributed by atoms with van der Waals surface area (Å²) in [5, 5.41) is 0. The molecule has 0 amide bonds. The lowest BCUT2D eigenvalue weighted by Crippen LogP contribution is -1.93. The number of ketones is 1. The molecule has 0 atom stereocenters. The average molecular weight is 235 g/mol. The van der Waals surface area contributed by atoms with E-state index in [0.29, 0.717) is 0 Å². The summed E-state index contributed by atoms with van der Waals surface area (Å²) in [7, 11) is 0. The lowest BCUT2D eigenvalue weighted by molar-refractivity contribution is -0.109. The van der Waals surface area contributed by atoms with E-state index in [0.717, 1.165) is 15.6 Å². The van der Waals surface area contributed by atoms with Crippen molar-refractivity contribution in [2.45, 2.75) is 0 Å². The van der Waals surface area contributed by atoms with Gasteiger partial charge in [0.15, 0.2) is 5.78 Å². The summed E-state index contributed by atoms with van der Waals surface area (Å²) >= 11 is 3.35. The smallest absolute Gasteiger partial charge is 0.186 e. The van der Waals surface area contributed by atoms with Crippen molar-refractivity contribution >= 4 is 27.3 Å². The minimum Gasteiger partial charge on any atom is -0.289 e. The maximum Gasteiger partial charge on any atom is 0.186 e. The molecule has 1 aliphatic rings. The monoisotopic (exact) mass is 234 g/mol. The molecule has 1 aromatic carbocycles. The van der Waals surface area contributed by atoms with Crippen molar-refractivity contribution in [3.63, 3.8) is 0 Å². The van der Waals surface area contributed by atoms with Crippen molar-refractivity contribution in [2.75, 3.05) is 0 Å². The molecule has 13 heavy (non-hydrogen) atoms. The third-order valence-corrected chi connectivity index (χ3v) is 2.46. The van der Waals surface area contributed by atoms with Crippen LogP contribution in [-0.2, 0) is 4.79 Å². The number of carbonyl (C=O) groups excluding carboxylic acids is 1. The highest BCUT2D eigenvalue weighted by atomic mass is 79.9. The standard InChI is InChI=1S/C11H7BrO/c12-9-6-4-8(5-7-9)10-2-1-3-11(10)13/h1-7H. The van der Waals surface area contributed by atoms with Crippen molar-refractivity contribution < 1.29 is 4.79 Å². The van der Waals surface area contributed by atoms with Gasteiger partial charge >= 0.3 is 0 Å². The first-order chi connectivity index (χ1) is 6.27. The van der Waals surface area contributed by atoms with Crippen LogP contribution >= 0.6 is 15.9 Å². The Hall–Kier alpha value is -1.15. The molecule has 0 heterocycles. The van der Waals surface area contributed by atoms with Crippen LogP contribution in [0, 0.1) is 0 Å².